The lowest BCUT2D eigenvalue weighted by Gasteiger charge is -2.34. The first-order valence-electron chi connectivity index (χ1n) is 7.95. The molecule has 0 saturated carbocycles. The second kappa shape index (κ2) is 7.32. The number of rotatable bonds is 5. The lowest BCUT2D eigenvalue weighted by Crippen LogP contribution is -2.45. The van der Waals surface area contributed by atoms with Gasteiger partial charge < -0.3 is 15.1 Å². The molecule has 1 saturated heterocycles. The molecule has 1 aliphatic rings. The molecule has 0 spiro atoms. The van der Waals surface area contributed by atoms with Crippen LogP contribution in [0.15, 0.2) is 31.0 Å². The summed E-state index contributed by atoms with van der Waals surface area (Å²) in [5.41, 5.74) is 1.11. The zero-order valence-electron chi connectivity index (χ0n) is 13.7. The number of hydrogen-bond donors (Lipinski definition) is 1. The van der Waals surface area contributed by atoms with Crippen molar-refractivity contribution in [3.8, 4) is 0 Å². The van der Waals surface area contributed by atoms with E-state index in [0.717, 1.165) is 43.4 Å². The third-order valence-electron chi connectivity index (χ3n) is 4.00. The van der Waals surface area contributed by atoms with Crippen molar-refractivity contribution >= 4 is 11.8 Å². The maximum absolute atomic E-state index is 4.35. The Morgan fingerprint density at radius 2 is 2.09 bits per heavy atom. The number of aromatic nitrogens is 4. The van der Waals surface area contributed by atoms with E-state index in [-0.39, 0.29) is 0 Å². The Morgan fingerprint density at radius 3 is 2.78 bits per heavy atom. The summed E-state index contributed by atoms with van der Waals surface area (Å²) in [6, 6.07) is 2.42. The minimum atomic E-state index is 0.451. The zero-order valence-corrected chi connectivity index (χ0v) is 13.7. The van der Waals surface area contributed by atoms with Crippen LogP contribution >= 0.6 is 0 Å². The molecule has 122 valence electrons. The fraction of sp³-hybridized carbons (Fsp3) is 0.500. The SMILES string of the molecule is CN(C)c1ncc(CNC2CCCN(c3ccncn3)C2)cn1. The summed E-state index contributed by atoms with van der Waals surface area (Å²) >= 11 is 0. The van der Waals surface area contributed by atoms with Gasteiger partial charge in [0, 0.05) is 63.9 Å². The highest BCUT2D eigenvalue weighted by molar-refractivity contribution is 5.37. The minimum absolute atomic E-state index is 0.451. The smallest absolute Gasteiger partial charge is 0.224 e. The average Bonchev–Trinajstić information content (AvgIpc) is 2.61. The number of anilines is 2. The molecule has 7 heteroatoms. The largest absolute Gasteiger partial charge is 0.355 e. The van der Waals surface area contributed by atoms with Gasteiger partial charge in [-0.05, 0) is 18.9 Å². The second-order valence-electron chi connectivity index (χ2n) is 6.02. The van der Waals surface area contributed by atoms with Gasteiger partial charge in [0.2, 0.25) is 5.95 Å². The summed E-state index contributed by atoms with van der Waals surface area (Å²) in [6.07, 6.45) is 9.52. The van der Waals surface area contributed by atoms with Gasteiger partial charge in [-0.15, -0.1) is 0 Å². The Bertz CT molecular complexity index is 600. The van der Waals surface area contributed by atoms with E-state index in [2.05, 4.69) is 30.2 Å². The van der Waals surface area contributed by atoms with Gasteiger partial charge in [-0.1, -0.05) is 0 Å². The quantitative estimate of drug-likeness (QED) is 0.886. The van der Waals surface area contributed by atoms with Crippen molar-refractivity contribution in [3.05, 3.63) is 36.5 Å². The van der Waals surface area contributed by atoms with Crippen molar-refractivity contribution < 1.29 is 0 Å². The fourth-order valence-corrected chi connectivity index (χ4v) is 2.75. The highest BCUT2D eigenvalue weighted by Gasteiger charge is 2.20. The number of nitrogens with one attached hydrogen (secondary N) is 1. The van der Waals surface area contributed by atoms with E-state index in [4.69, 9.17) is 0 Å². The van der Waals surface area contributed by atoms with Crippen molar-refractivity contribution in [2.24, 2.45) is 0 Å². The Balaban J connectivity index is 1.54. The third kappa shape index (κ3) is 4.13. The third-order valence-corrected chi connectivity index (χ3v) is 4.00. The van der Waals surface area contributed by atoms with Gasteiger partial charge in [0.1, 0.15) is 12.1 Å². The first-order valence-corrected chi connectivity index (χ1v) is 7.95. The lowest BCUT2D eigenvalue weighted by molar-refractivity contribution is 0.419. The van der Waals surface area contributed by atoms with Crippen LogP contribution in [0, 0.1) is 0 Å². The van der Waals surface area contributed by atoms with E-state index in [0.29, 0.717) is 6.04 Å². The van der Waals surface area contributed by atoms with Gasteiger partial charge in [-0.3, -0.25) is 0 Å². The first-order chi connectivity index (χ1) is 11.2. The predicted molar refractivity (Wildman–Crippen MR) is 90.5 cm³/mol. The first kappa shape index (κ1) is 15.6. The predicted octanol–water partition coefficient (Wildman–Crippen LogP) is 1.09. The van der Waals surface area contributed by atoms with Crippen molar-refractivity contribution in [2.45, 2.75) is 25.4 Å². The van der Waals surface area contributed by atoms with Gasteiger partial charge in [0.25, 0.3) is 0 Å². The van der Waals surface area contributed by atoms with E-state index in [9.17, 15) is 0 Å². The van der Waals surface area contributed by atoms with Crippen molar-refractivity contribution in [3.63, 3.8) is 0 Å². The summed E-state index contributed by atoms with van der Waals surface area (Å²) in [4.78, 5) is 21.2. The fourth-order valence-electron chi connectivity index (χ4n) is 2.75. The molecule has 23 heavy (non-hydrogen) atoms. The van der Waals surface area contributed by atoms with Gasteiger partial charge in [0.05, 0.1) is 0 Å². The Labute approximate surface area is 136 Å². The normalized spacial score (nSPS) is 18.0. The molecule has 0 bridgehead atoms. The summed E-state index contributed by atoms with van der Waals surface area (Å²) in [6.45, 7) is 2.81. The Kier molecular flexibility index (Phi) is 4.97. The zero-order chi connectivity index (χ0) is 16.1. The molecule has 2 aromatic heterocycles. The topological polar surface area (TPSA) is 70.1 Å². The van der Waals surface area contributed by atoms with E-state index >= 15 is 0 Å². The Hall–Kier alpha value is -2.28. The van der Waals surface area contributed by atoms with Gasteiger partial charge in [-0.25, -0.2) is 19.9 Å². The second-order valence-corrected chi connectivity index (χ2v) is 6.02. The van der Waals surface area contributed by atoms with Crippen LogP contribution in [0.4, 0.5) is 11.8 Å². The van der Waals surface area contributed by atoms with Crippen LogP contribution in [0.3, 0.4) is 0 Å². The van der Waals surface area contributed by atoms with Crippen molar-refractivity contribution in [2.75, 3.05) is 37.0 Å². The average molecular weight is 313 g/mol. The Morgan fingerprint density at radius 1 is 1.26 bits per heavy atom. The number of hydrogen-bond acceptors (Lipinski definition) is 7. The molecule has 1 N–H and O–H groups in total. The minimum Gasteiger partial charge on any atom is -0.355 e. The maximum Gasteiger partial charge on any atom is 0.224 e. The molecule has 1 fully saturated rings. The van der Waals surface area contributed by atoms with Gasteiger partial charge in [0.15, 0.2) is 0 Å². The van der Waals surface area contributed by atoms with Crippen LogP contribution in [0.5, 0.6) is 0 Å². The van der Waals surface area contributed by atoms with Crippen molar-refractivity contribution in [1.29, 1.82) is 0 Å². The molecule has 1 atom stereocenters. The lowest BCUT2D eigenvalue weighted by atomic mass is 10.1. The number of nitrogens with zero attached hydrogens (tertiary/aromatic N) is 6. The van der Waals surface area contributed by atoms with E-state index in [1.54, 1.807) is 12.5 Å². The standard InChI is InChI=1S/C16H23N7/c1-22(2)16-19-9-13(10-20-16)8-18-14-4-3-7-23(11-14)15-5-6-17-12-21-15/h5-6,9-10,12,14,18H,3-4,7-8,11H2,1-2H3. The highest BCUT2D eigenvalue weighted by Crippen LogP contribution is 2.17. The monoisotopic (exact) mass is 313 g/mol. The van der Waals surface area contributed by atoms with Crippen LogP contribution in [0.25, 0.3) is 0 Å². The van der Waals surface area contributed by atoms with E-state index in [1.165, 1.54) is 6.42 Å². The number of piperidine rings is 1. The molecule has 0 aromatic carbocycles. The molecule has 1 unspecified atom stereocenters. The van der Waals surface area contributed by atoms with Crippen LogP contribution in [-0.4, -0.2) is 53.2 Å². The molecule has 2 aromatic rings. The molecule has 7 nitrogen and oxygen atoms in total. The highest BCUT2D eigenvalue weighted by atomic mass is 15.2. The molecule has 1 aliphatic heterocycles. The van der Waals surface area contributed by atoms with E-state index in [1.807, 2.05) is 37.5 Å². The van der Waals surface area contributed by atoms with Crippen molar-refractivity contribution in [1.82, 2.24) is 25.3 Å². The van der Waals surface area contributed by atoms with E-state index < -0.39 is 0 Å². The maximum atomic E-state index is 4.35. The summed E-state index contributed by atoms with van der Waals surface area (Å²) in [5.74, 6) is 1.74. The molecule has 0 aliphatic carbocycles. The summed E-state index contributed by atoms with van der Waals surface area (Å²) in [5, 5.41) is 3.61. The summed E-state index contributed by atoms with van der Waals surface area (Å²) < 4.78 is 0. The molecule has 0 radical (unpaired) electrons. The van der Waals surface area contributed by atoms with Crippen LogP contribution in [0.1, 0.15) is 18.4 Å². The summed E-state index contributed by atoms with van der Waals surface area (Å²) in [7, 11) is 3.88. The molecule has 3 rings (SSSR count). The van der Waals surface area contributed by atoms with Crippen LogP contribution < -0.4 is 15.1 Å². The van der Waals surface area contributed by atoms with Gasteiger partial charge in [-0.2, -0.15) is 0 Å². The molecule has 0 amide bonds. The molecular weight excluding hydrogens is 290 g/mol. The molecule has 3 heterocycles. The van der Waals surface area contributed by atoms with Gasteiger partial charge >= 0.3 is 0 Å². The molecular formula is C16H23N7. The van der Waals surface area contributed by atoms with Crippen LogP contribution in [0.2, 0.25) is 0 Å². The van der Waals surface area contributed by atoms with Crippen LogP contribution in [-0.2, 0) is 6.54 Å².